The number of nitrogens with one attached hydrogen (secondary N) is 2. The zero-order chi connectivity index (χ0) is 18.3. The minimum absolute atomic E-state index is 0.0593. The molecule has 0 bridgehead atoms. The number of rotatable bonds is 7. The fourth-order valence-corrected chi connectivity index (χ4v) is 2.80. The van der Waals surface area contributed by atoms with Gasteiger partial charge in [-0.05, 0) is 31.0 Å². The number of hydrogen-bond acceptors (Lipinski definition) is 7. The van der Waals surface area contributed by atoms with E-state index in [1.165, 1.54) is 24.5 Å². The first-order chi connectivity index (χ1) is 11.9. The molecule has 0 unspecified atom stereocenters. The summed E-state index contributed by atoms with van der Waals surface area (Å²) in [6.07, 6.45) is 0.773. The third-order valence-corrected chi connectivity index (χ3v) is 4.42. The van der Waals surface area contributed by atoms with Gasteiger partial charge < -0.3 is 14.6 Å². The first-order valence-corrected chi connectivity index (χ1v) is 8.88. The van der Waals surface area contributed by atoms with Crippen molar-refractivity contribution < 1.29 is 27.3 Å². The lowest BCUT2D eigenvalue weighted by atomic mass is 10.1. The molecule has 1 aromatic heterocycles. The van der Waals surface area contributed by atoms with E-state index in [4.69, 9.17) is 0 Å². The van der Waals surface area contributed by atoms with Gasteiger partial charge in [-0.25, -0.2) is 17.9 Å². The van der Waals surface area contributed by atoms with Gasteiger partial charge in [0, 0.05) is 12.6 Å². The Morgan fingerprint density at radius 3 is 2.52 bits per heavy atom. The molecule has 10 heteroatoms. The summed E-state index contributed by atoms with van der Waals surface area (Å²) in [4.78, 5) is 22.9. The number of nitrogens with zero attached hydrogens (tertiary/aromatic N) is 1. The molecule has 134 valence electrons. The van der Waals surface area contributed by atoms with Gasteiger partial charge in [-0.15, -0.1) is 0 Å². The number of amides is 2. The van der Waals surface area contributed by atoms with Crippen LogP contribution in [0.5, 0.6) is 0 Å². The lowest BCUT2D eigenvalue weighted by molar-refractivity contribution is 0.0945. The van der Waals surface area contributed by atoms with Crippen molar-refractivity contribution in [2.75, 3.05) is 13.2 Å². The molecule has 1 heterocycles. The smallest absolute Gasteiger partial charge is 0.421 e. The van der Waals surface area contributed by atoms with E-state index in [-0.39, 0.29) is 23.1 Å². The molecule has 0 radical (unpaired) electrons. The molecule has 25 heavy (non-hydrogen) atoms. The van der Waals surface area contributed by atoms with Gasteiger partial charge in [-0.3, -0.25) is 4.79 Å². The van der Waals surface area contributed by atoms with Gasteiger partial charge in [-0.1, -0.05) is 17.3 Å². The minimum Gasteiger partial charge on any atom is -0.449 e. The minimum atomic E-state index is -3.97. The first-order valence-electron chi connectivity index (χ1n) is 7.39. The van der Waals surface area contributed by atoms with Crippen LogP contribution in [0.15, 0.2) is 46.0 Å². The lowest BCUT2D eigenvalue weighted by Crippen LogP contribution is -2.31. The SMILES string of the molecule is CCOC(=O)NS(=O)(=O)c1ccc(CCNC(=O)c2ccon2)cc1. The van der Waals surface area contributed by atoms with Crippen LogP contribution >= 0.6 is 0 Å². The van der Waals surface area contributed by atoms with Crippen molar-refractivity contribution in [3.05, 3.63) is 47.9 Å². The van der Waals surface area contributed by atoms with Crippen LogP contribution in [-0.4, -0.2) is 38.7 Å². The second-order valence-corrected chi connectivity index (χ2v) is 6.54. The summed E-state index contributed by atoms with van der Waals surface area (Å²) in [6, 6.07) is 7.39. The highest BCUT2D eigenvalue weighted by Crippen LogP contribution is 2.11. The second kappa shape index (κ2) is 8.29. The zero-order valence-corrected chi connectivity index (χ0v) is 14.2. The number of hydrogen-bond donors (Lipinski definition) is 2. The van der Waals surface area contributed by atoms with E-state index >= 15 is 0 Å². The average Bonchev–Trinajstić information content (AvgIpc) is 3.09. The highest BCUT2D eigenvalue weighted by Gasteiger charge is 2.18. The van der Waals surface area contributed by atoms with E-state index in [1.807, 2.05) is 0 Å². The Labute approximate surface area is 144 Å². The Morgan fingerprint density at radius 2 is 1.92 bits per heavy atom. The van der Waals surface area contributed by atoms with Gasteiger partial charge in [0.05, 0.1) is 11.5 Å². The number of benzene rings is 1. The largest absolute Gasteiger partial charge is 0.449 e. The molecular formula is C15H17N3O6S. The van der Waals surface area contributed by atoms with E-state index in [1.54, 1.807) is 23.8 Å². The fourth-order valence-electron chi connectivity index (χ4n) is 1.91. The molecule has 0 atom stereocenters. The predicted octanol–water partition coefficient (Wildman–Crippen LogP) is 1.08. The maximum Gasteiger partial charge on any atom is 0.421 e. The van der Waals surface area contributed by atoms with Crippen molar-refractivity contribution in [3.8, 4) is 0 Å². The van der Waals surface area contributed by atoms with E-state index < -0.39 is 16.1 Å². The van der Waals surface area contributed by atoms with Crippen molar-refractivity contribution in [2.45, 2.75) is 18.2 Å². The number of aromatic nitrogens is 1. The molecule has 2 N–H and O–H groups in total. The Morgan fingerprint density at radius 1 is 1.20 bits per heavy atom. The van der Waals surface area contributed by atoms with Crippen LogP contribution in [0, 0.1) is 0 Å². The summed E-state index contributed by atoms with van der Waals surface area (Å²) >= 11 is 0. The maximum atomic E-state index is 12.0. The van der Waals surface area contributed by atoms with Crippen LogP contribution < -0.4 is 10.0 Å². The normalized spacial score (nSPS) is 10.9. The Kier molecular flexibility index (Phi) is 6.12. The molecule has 2 aromatic rings. The third kappa shape index (κ3) is 5.31. The van der Waals surface area contributed by atoms with Crippen LogP contribution in [0.4, 0.5) is 4.79 Å². The molecule has 0 aliphatic rings. The van der Waals surface area contributed by atoms with E-state index in [0.717, 1.165) is 5.56 Å². The van der Waals surface area contributed by atoms with Crippen LogP contribution in [-0.2, 0) is 21.2 Å². The van der Waals surface area contributed by atoms with Crippen molar-refractivity contribution in [3.63, 3.8) is 0 Å². The van der Waals surface area contributed by atoms with Crippen LogP contribution in [0.1, 0.15) is 23.0 Å². The van der Waals surface area contributed by atoms with E-state index in [9.17, 15) is 18.0 Å². The van der Waals surface area contributed by atoms with Crippen molar-refractivity contribution in [1.82, 2.24) is 15.2 Å². The maximum absolute atomic E-state index is 12.0. The van der Waals surface area contributed by atoms with E-state index in [2.05, 4.69) is 19.7 Å². The Balaban J connectivity index is 1.89. The summed E-state index contributed by atoms with van der Waals surface area (Å²) in [5.74, 6) is -0.355. The number of sulfonamides is 1. The van der Waals surface area contributed by atoms with Crippen LogP contribution in [0.25, 0.3) is 0 Å². The highest BCUT2D eigenvalue weighted by atomic mass is 32.2. The molecule has 2 rings (SSSR count). The van der Waals surface area contributed by atoms with Crippen molar-refractivity contribution in [1.29, 1.82) is 0 Å². The molecule has 0 aliphatic carbocycles. The molecule has 0 aliphatic heterocycles. The third-order valence-electron chi connectivity index (χ3n) is 3.10. The molecule has 1 aromatic carbocycles. The van der Waals surface area contributed by atoms with Gasteiger partial charge >= 0.3 is 6.09 Å². The van der Waals surface area contributed by atoms with E-state index in [0.29, 0.717) is 13.0 Å². The molecule has 2 amide bonds. The van der Waals surface area contributed by atoms with Gasteiger partial charge in [-0.2, -0.15) is 0 Å². The summed E-state index contributed by atoms with van der Waals surface area (Å²) in [5.41, 5.74) is 1.00. The molecule has 0 saturated carbocycles. The highest BCUT2D eigenvalue weighted by molar-refractivity contribution is 7.90. The van der Waals surface area contributed by atoms with Gasteiger partial charge in [0.2, 0.25) is 0 Å². The van der Waals surface area contributed by atoms with Gasteiger partial charge in [0.15, 0.2) is 5.69 Å². The number of carbonyl (C=O) groups is 2. The topological polar surface area (TPSA) is 128 Å². The average molecular weight is 367 g/mol. The lowest BCUT2D eigenvalue weighted by Gasteiger charge is -2.08. The standard InChI is InChI=1S/C15H17N3O6S/c1-2-23-15(20)18-25(21,22)12-5-3-11(4-6-12)7-9-16-14(19)13-8-10-24-17-13/h3-6,8,10H,2,7,9H2,1H3,(H,16,19)(H,18,20). The summed E-state index contributed by atoms with van der Waals surface area (Å²) in [6.45, 7) is 1.99. The summed E-state index contributed by atoms with van der Waals surface area (Å²) in [7, 11) is -3.97. The van der Waals surface area contributed by atoms with Crippen LogP contribution in [0.3, 0.4) is 0 Å². The molecule has 0 fully saturated rings. The molecule has 0 saturated heterocycles. The monoisotopic (exact) mass is 367 g/mol. The predicted molar refractivity (Wildman–Crippen MR) is 86.3 cm³/mol. The van der Waals surface area contributed by atoms with Gasteiger partial charge in [0.25, 0.3) is 15.9 Å². The van der Waals surface area contributed by atoms with Crippen molar-refractivity contribution in [2.24, 2.45) is 0 Å². The second-order valence-electron chi connectivity index (χ2n) is 4.86. The van der Waals surface area contributed by atoms with Gasteiger partial charge in [0.1, 0.15) is 6.26 Å². The van der Waals surface area contributed by atoms with Crippen molar-refractivity contribution >= 4 is 22.0 Å². The fraction of sp³-hybridized carbons (Fsp3) is 0.267. The number of ether oxygens (including phenoxy) is 1. The summed E-state index contributed by atoms with van der Waals surface area (Å²) in [5, 5.41) is 6.18. The molecular weight excluding hydrogens is 350 g/mol. The Hall–Kier alpha value is -2.88. The number of carbonyl (C=O) groups excluding carboxylic acids is 2. The van der Waals surface area contributed by atoms with Crippen LogP contribution in [0.2, 0.25) is 0 Å². The quantitative estimate of drug-likeness (QED) is 0.749. The Bertz CT molecular complexity index is 815. The molecule has 9 nitrogen and oxygen atoms in total. The first kappa shape index (κ1) is 18.5. The molecule has 0 spiro atoms. The summed E-state index contributed by atoms with van der Waals surface area (Å²) < 4.78 is 34.9. The zero-order valence-electron chi connectivity index (χ0n) is 13.4.